The second kappa shape index (κ2) is 9.70. The quantitative estimate of drug-likeness (QED) is 0.271. The first-order valence-corrected chi connectivity index (χ1v) is 13.3. The van der Waals surface area contributed by atoms with Crippen molar-refractivity contribution in [1.82, 2.24) is 15.0 Å². The molecule has 0 spiro atoms. The van der Waals surface area contributed by atoms with Gasteiger partial charge in [0.05, 0.1) is 28.9 Å². The van der Waals surface area contributed by atoms with E-state index in [4.69, 9.17) is 21.3 Å². The fourth-order valence-electron chi connectivity index (χ4n) is 4.75. The molecule has 6 rings (SSSR count). The Hall–Kier alpha value is -4.01. The van der Waals surface area contributed by atoms with Gasteiger partial charge in [-0.25, -0.2) is 9.97 Å². The number of aliphatic carboxylic acids is 1. The fourth-order valence-corrected chi connectivity index (χ4v) is 6.01. The molecule has 0 atom stereocenters. The Morgan fingerprint density at radius 2 is 1.92 bits per heavy atom. The number of halogens is 1. The summed E-state index contributed by atoms with van der Waals surface area (Å²) < 4.78 is 6.77. The lowest BCUT2D eigenvalue weighted by Gasteiger charge is -2.26. The number of carboxylic acid groups (broad SMARTS) is 1. The number of carboxylic acids is 1. The van der Waals surface area contributed by atoms with Crippen molar-refractivity contribution in [3.8, 4) is 38.7 Å². The van der Waals surface area contributed by atoms with Crippen LogP contribution in [-0.4, -0.2) is 46.2 Å². The van der Waals surface area contributed by atoms with Crippen LogP contribution in [0.4, 0.5) is 5.82 Å². The number of hydrogen-bond acceptors (Lipinski definition) is 7. The van der Waals surface area contributed by atoms with Gasteiger partial charge in [-0.1, -0.05) is 23.7 Å². The van der Waals surface area contributed by atoms with Gasteiger partial charge in [-0.05, 0) is 60.0 Å². The number of ether oxygens (including phenoxy) is 1. The molecular formula is C29H23ClN4O3S. The number of thiazole rings is 1. The van der Waals surface area contributed by atoms with Crippen LogP contribution in [0, 0.1) is 6.92 Å². The van der Waals surface area contributed by atoms with E-state index in [2.05, 4.69) is 14.9 Å². The molecule has 1 aliphatic rings. The summed E-state index contributed by atoms with van der Waals surface area (Å²) >= 11 is 7.69. The lowest BCUT2D eigenvalue weighted by Crippen LogP contribution is -2.29. The van der Waals surface area contributed by atoms with Crippen LogP contribution >= 0.6 is 22.9 Å². The highest BCUT2D eigenvalue weighted by Crippen LogP contribution is 2.41. The largest absolute Gasteiger partial charge is 0.488 e. The van der Waals surface area contributed by atoms with Gasteiger partial charge >= 0.3 is 5.97 Å². The van der Waals surface area contributed by atoms with Crippen LogP contribution < -0.4 is 9.64 Å². The molecule has 0 aliphatic carbocycles. The molecular weight excluding hydrogens is 520 g/mol. The minimum Gasteiger partial charge on any atom is -0.488 e. The highest BCUT2D eigenvalue weighted by atomic mass is 35.5. The van der Waals surface area contributed by atoms with Gasteiger partial charge in [-0.3, -0.25) is 9.78 Å². The molecule has 1 aliphatic heterocycles. The summed E-state index contributed by atoms with van der Waals surface area (Å²) in [7, 11) is 2.00. The summed E-state index contributed by atoms with van der Waals surface area (Å²) in [6.07, 6.45) is 3.51. The number of carbonyl (C=O) groups is 1. The van der Waals surface area contributed by atoms with Crippen molar-refractivity contribution >= 4 is 44.9 Å². The third kappa shape index (κ3) is 4.46. The fraction of sp³-hybridized carbons (Fsp3) is 0.172. The maximum atomic E-state index is 11.7. The average molecular weight is 543 g/mol. The Bertz CT molecular complexity index is 1700. The third-order valence-corrected chi connectivity index (χ3v) is 8.04. The number of rotatable bonds is 5. The van der Waals surface area contributed by atoms with Gasteiger partial charge in [-0.2, -0.15) is 0 Å². The number of pyridine rings is 2. The zero-order chi connectivity index (χ0) is 26.4. The summed E-state index contributed by atoms with van der Waals surface area (Å²) in [6.45, 7) is 3.35. The lowest BCUT2D eigenvalue weighted by atomic mass is 9.93. The van der Waals surface area contributed by atoms with Crippen LogP contribution in [0.15, 0.2) is 60.9 Å². The molecule has 7 nitrogen and oxygen atoms in total. The Morgan fingerprint density at radius 1 is 1.11 bits per heavy atom. The van der Waals surface area contributed by atoms with Crippen molar-refractivity contribution in [2.24, 2.45) is 0 Å². The zero-order valence-corrected chi connectivity index (χ0v) is 22.3. The van der Waals surface area contributed by atoms with Gasteiger partial charge in [0, 0.05) is 41.2 Å². The van der Waals surface area contributed by atoms with Gasteiger partial charge in [-0.15, -0.1) is 11.3 Å². The van der Waals surface area contributed by atoms with E-state index >= 15 is 0 Å². The standard InChI is InChI=1S/C29H23ClN4O3S/c1-16-11-23-27(26(21(16)14-25(35)36)17-3-5-20(30)6-4-17)38-29(33-23)18-7-8-31-22(12-18)19-13-24-28(32-15-19)34(2)9-10-37-24/h3-8,11-13,15H,9-10,14H2,1-2H3,(H,35,36). The van der Waals surface area contributed by atoms with E-state index in [0.717, 1.165) is 72.4 Å². The Labute approximate surface area is 228 Å². The summed E-state index contributed by atoms with van der Waals surface area (Å²) in [5, 5.41) is 11.1. The molecule has 0 fully saturated rings. The SMILES string of the molecule is Cc1cc2nc(-c3ccnc(-c4cnc5c(c4)OCCN5C)c3)sc2c(-c2ccc(Cl)cc2)c1CC(=O)O. The number of aromatic nitrogens is 3. The van der Waals surface area contributed by atoms with Crippen molar-refractivity contribution in [2.45, 2.75) is 13.3 Å². The number of anilines is 1. The summed E-state index contributed by atoms with van der Waals surface area (Å²) in [5.74, 6) is 0.696. The number of aryl methyl sites for hydroxylation is 1. The average Bonchev–Trinajstić information content (AvgIpc) is 3.33. The number of likely N-dealkylation sites (N-methyl/N-ethyl adjacent to an activating group) is 1. The number of nitrogens with zero attached hydrogens (tertiary/aromatic N) is 4. The normalized spacial score (nSPS) is 12.9. The van der Waals surface area contributed by atoms with E-state index in [0.29, 0.717) is 11.6 Å². The molecule has 5 aromatic rings. The van der Waals surface area contributed by atoms with Crippen molar-refractivity contribution in [3.05, 3.63) is 77.1 Å². The Kier molecular flexibility index (Phi) is 6.21. The molecule has 0 unspecified atom stereocenters. The first kappa shape index (κ1) is 24.3. The predicted molar refractivity (Wildman–Crippen MR) is 151 cm³/mol. The zero-order valence-electron chi connectivity index (χ0n) is 20.7. The van der Waals surface area contributed by atoms with Crippen LogP contribution in [0.25, 0.3) is 43.2 Å². The first-order chi connectivity index (χ1) is 18.4. The van der Waals surface area contributed by atoms with E-state index in [-0.39, 0.29) is 6.42 Å². The van der Waals surface area contributed by atoms with E-state index in [9.17, 15) is 9.90 Å². The molecule has 38 heavy (non-hydrogen) atoms. The summed E-state index contributed by atoms with van der Waals surface area (Å²) in [4.78, 5) is 28.0. The highest BCUT2D eigenvalue weighted by molar-refractivity contribution is 7.22. The monoisotopic (exact) mass is 542 g/mol. The second-order valence-corrected chi connectivity index (χ2v) is 10.7. The van der Waals surface area contributed by atoms with Crippen molar-refractivity contribution in [2.75, 3.05) is 25.1 Å². The van der Waals surface area contributed by atoms with Crippen molar-refractivity contribution < 1.29 is 14.6 Å². The maximum Gasteiger partial charge on any atom is 0.307 e. The molecule has 1 N–H and O–H groups in total. The van der Waals surface area contributed by atoms with Gasteiger partial charge in [0.2, 0.25) is 0 Å². The maximum absolute atomic E-state index is 11.7. The van der Waals surface area contributed by atoms with E-state index in [1.54, 1.807) is 17.5 Å². The van der Waals surface area contributed by atoms with E-state index in [1.165, 1.54) is 0 Å². The molecule has 9 heteroatoms. The molecule has 3 aromatic heterocycles. The predicted octanol–water partition coefficient (Wildman–Crippen LogP) is 6.50. The molecule has 190 valence electrons. The van der Waals surface area contributed by atoms with Crippen LogP contribution in [-0.2, 0) is 11.2 Å². The summed E-state index contributed by atoms with van der Waals surface area (Å²) in [6, 6.07) is 15.4. The lowest BCUT2D eigenvalue weighted by molar-refractivity contribution is -0.136. The Morgan fingerprint density at radius 3 is 2.71 bits per heavy atom. The molecule has 0 amide bonds. The van der Waals surface area contributed by atoms with Crippen LogP contribution in [0.2, 0.25) is 5.02 Å². The van der Waals surface area contributed by atoms with E-state index < -0.39 is 5.97 Å². The number of benzene rings is 2. The number of fused-ring (bicyclic) bond motifs is 2. The molecule has 0 saturated heterocycles. The Balaban J connectivity index is 1.47. The van der Waals surface area contributed by atoms with E-state index in [1.807, 2.05) is 68.7 Å². The van der Waals surface area contributed by atoms with Crippen molar-refractivity contribution in [3.63, 3.8) is 0 Å². The van der Waals surface area contributed by atoms with Gasteiger partial charge in [0.15, 0.2) is 11.6 Å². The molecule has 2 aromatic carbocycles. The van der Waals surface area contributed by atoms with Crippen molar-refractivity contribution in [1.29, 1.82) is 0 Å². The molecule has 0 saturated carbocycles. The second-order valence-electron chi connectivity index (χ2n) is 9.24. The topological polar surface area (TPSA) is 88.4 Å². The first-order valence-electron chi connectivity index (χ1n) is 12.1. The van der Waals surface area contributed by atoms with Gasteiger partial charge < -0.3 is 14.7 Å². The van der Waals surface area contributed by atoms with Crippen LogP contribution in [0.5, 0.6) is 5.75 Å². The van der Waals surface area contributed by atoms with Gasteiger partial charge in [0.25, 0.3) is 0 Å². The minimum atomic E-state index is -0.875. The number of hydrogen-bond donors (Lipinski definition) is 1. The highest BCUT2D eigenvalue weighted by Gasteiger charge is 2.21. The summed E-state index contributed by atoms with van der Waals surface area (Å²) in [5.41, 5.74) is 6.86. The smallest absolute Gasteiger partial charge is 0.307 e. The third-order valence-electron chi connectivity index (χ3n) is 6.65. The van der Waals surface area contributed by atoms with Crippen LogP contribution in [0.3, 0.4) is 0 Å². The van der Waals surface area contributed by atoms with Crippen LogP contribution in [0.1, 0.15) is 11.1 Å². The molecule has 0 radical (unpaired) electrons. The molecule has 4 heterocycles. The van der Waals surface area contributed by atoms with Gasteiger partial charge in [0.1, 0.15) is 11.6 Å². The molecule has 0 bridgehead atoms. The minimum absolute atomic E-state index is 0.0744.